The molecule has 0 spiro atoms. The molecule has 3 aromatic rings. The normalized spacial score (nSPS) is 10.8. The molecule has 0 saturated heterocycles. The van der Waals surface area contributed by atoms with Crippen LogP contribution in [0.5, 0.6) is 0 Å². The first-order valence-corrected chi connectivity index (χ1v) is 10.7. The van der Waals surface area contributed by atoms with Gasteiger partial charge in [-0.25, -0.2) is 13.1 Å². The van der Waals surface area contributed by atoms with Gasteiger partial charge in [-0.1, -0.05) is 29.8 Å². The topological polar surface area (TPSA) is 87.3 Å². The van der Waals surface area contributed by atoms with Gasteiger partial charge < -0.3 is 10.6 Å². The Balaban J connectivity index is 1.63. The fraction of sp³-hybridized carbons (Fsp3) is 0. The van der Waals surface area contributed by atoms with Crippen molar-refractivity contribution in [3.63, 3.8) is 0 Å². The van der Waals surface area contributed by atoms with Crippen molar-refractivity contribution in [3.8, 4) is 0 Å². The lowest BCUT2D eigenvalue weighted by molar-refractivity contribution is 0.0981. The molecule has 0 atom stereocenters. The van der Waals surface area contributed by atoms with Crippen LogP contribution in [0.3, 0.4) is 0 Å². The van der Waals surface area contributed by atoms with Gasteiger partial charge in [0.05, 0.1) is 4.90 Å². The van der Waals surface area contributed by atoms with Crippen molar-refractivity contribution in [1.29, 1.82) is 0 Å². The lowest BCUT2D eigenvalue weighted by Crippen LogP contribution is -2.30. The smallest absolute Gasteiger partial charge is 0.264 e. The van der Waals surface area contributed by atoms with Gasteiger partial charge in [-0.05, 0) is 72.9 Å². The summed E-state index contributed by atoms with van der Waals surface area (Å²) in [6.07, 6.45) is 0. The number of thiocarbonyl (C=S) groups is 1. The van der Waals surface area contributed by atoms with Gasteiger partial charge in [-0.3, -0.25) is 4.79 Å². The minimum atomic E-state index is -3.99. The summed E-state index contributed by atoms with van der Waals surface area (Å²) in [5.41, 5.74) is 1.60. The van der Waals surface area contributed by atoms with E-state index < -0.39 is 15.9 Å². The number of hydrogen-bond donors (Lipinski definition) is 3. The minimum Gasteiger partial charge on any atom is -0.332 e. The second-order valence-corrected chi connectivity index (χ2v) is 8.44. The molecule has 3 aromatic carbocycles. The molecule has 0 saturated carbocycles. The van der Waals surface area contributed by atoms with Gasteiger partial charge in [0.25, 0.3) is 15.9 Å². The molecule has 3 N–H and O–H groups in total. The Morgan fingerprint density at radius 1 is 0.793 bits per heavy atom. The highest BCUT2D eigenvalue weighted by Crippen LogP contribution is 2.16. The summed E-state index contributed by atoms with van der Waals surface area (Å²) < 4.78 is 26.9. The maximum atomic E-state index is 12.4. The summed E-state index contributed by atoms with van der Waals surface area (Å²) in [4.78, 5) is 12.1. The van der Waals surface area contributed by atoms with Gasteiger partial charge in [0.2, 0.25) is 0 Å². The molecular formula is C20H16ClN3O3S2. The molecule has 0 radical (unpaired) electrons. The molecule has 0 aliphatic rings. The van der Waals surface area contributed by atoms with Crippen molar-refractivity contribution in [2.45, 2.75) is 4.90 Å². The Morgan fingerprint density at radius 3 is 1.86 bits per heavy atom. The largest absolute Gasteiger partial charge is 0.332 e. The maximum Gasteiger partial charge on any atom is 0.264 e. The van der Waals surface area contributed by atoms with Crippen molar-refractivity contribution in [3.05, 3.63) is 89.4 Å². The Morgan fingerprint density at radius 2 is 1.31 bits per heavy atom. The quantitative estimate of drug-likeness (QED) is 0.508. The highest BCUT2D eigenvalue weighted by molar-refractivity contribution is 7.90. The van der Waals surface area contributed by atoms with Crippen LogP contribution >= 0.6 is 23.8 Å². The van der Waals surface area contributed by atoms with Gasteiger partial charge >= 0.3 is 0 Å². The fourth-order valence-corrected chi connectivity index (χ4v) is 3.71. The molecule has 0 aliphatic heterocycles. The third-order valence-electron chi connectivity index (χ3n) is 3.79. The Kier molecular flexibility index (Phi) is 6.48. The lowest BCUT2D eigenvalue weighted by atomic mass is 10.2. The summed E-state index contributed by atoms with van der Waals surface area (Å²) in [5, 5.41) is 6.90. The standard InChI is InChI=1S/C20H16ClN3O3S2/c21-15-6-8-16(9-7-15)22-20(28)23-17-10-12-18(13-11-17)29(26,27)24-19(25)14-4-2-1-3-5-14/h1-13H,(H,24,25)(H2,22,23,28). The summed E-state index contributed by atoms with van der Waals surface area (Å²) in [6, 6.07) is 21.0. The van der Waals surface area contributed by atoms with Gasteiger partial charge in [-0.2, -0.15) is 0 Å². The molecule has 0 aromatic heterocycles. The maximum absolute atomic E-state index is 12.4. The van der Waals surface area contributed by atoms with E-state index in [0.29, 0.717) is 15.8 Å². The SMILES string of the molecule is O=C(NS(=O)(=O)c1ccc(NC(=S)Nc2ccc(Cl)cc2)cc1)c1ccccc1. The molecule has 0 aliphatic carbocycles. The molecule has 1 amide bonds. The zero-order valence-electron chi connectivity index (χ0n) is 14.9. The number of carbonyl (C=O) groups is 1. The van der Waals surface area contributed by atoms with Crippen molar-refractivity contribution in [2.24, 2.45) is 0 Å². The first kappa shape index (κ1) is 20.8. The number of rotatable bonds is 5. The minimum absolute atomic E-state index is 0.0380. The Bertz CT molecular complexity index is 1120. The van der Waals surface area contributed by atoms with Crippen LogP contribution in [0.4, 0.5) is 11.4 Å². The van der Waals surface area contributed by atoms with Crippen molar-refractivity contribution in [2.75, 3.05) is 10.6 Å². The summed E-state index contributed by atoms with van der Waals surface area (Å²) in [5.74, 6) is -0.693. The van der Waals surface area contributed by atoms with Crippen molar-refractivity contribution < 1.29 is 13.2 Å². The highest BCUT2D eigenvalue weighted by Gasteiger charge is 2.18. The first-order chi connectivity index (χ1) is 13.8. The zero-order chi connectivity index (χ0) is 20.9. The molecule has 0 unspecified atom stereocenters. The number of amides is 1. The molecule has 0 fully saturated rings. The van der Waals surface area contributed by atoms with Crippen LogP contribution in [0.15, 0.2) is 83.8 Å². The van der Waals surface area contributed by atoms with Crippen LogP contribution < -0.4 is 15.4 Å². The average Bonchev–Trinajstić information content (AvgIpc) is 2.70. The van der Waals surface area contributed by atoms with Crippen LogP contribution in [-0.4, -0.2) is 19.4 Å². The number of halogens is 1. The number of hydrogen-bond acceptors (Lipinski definition) is 4. The fourth-order valence-electron chi connectivity index (χ4n) is 2.37. The van der Waals surface area contributed by atoms with Gasteiger partial charge in [-0.15, -0.1) is 0 Å². The van der Waals surface area contributed by atoms with E-state index >= 15 is 0 Å². The van der Waals surface area contributed by atoms with Crippen molar-refractivity contribution >= 4 is 56.2 Å². The summed E-state index contributed by atoms with van der Waals surface area (Å²) in [6.45, 7) is 0. The molecule has 3 rings (SSSR count). The van der Waals surface area contributed by atoms with Gasteiger partial charge in [0, 0.05) is 22.0 Å². The number of anilines is 2. The average molecular weight is 446 g/mol. The lowest BCUT2D eigenvalue weighted by Gasteiger charge is -2.11. The van der Waals surface area contributed by atoms with Gasteiger partial charge in [0.1, 0.15) is 0 Å². The molecule has 148 valence electrons. The van der Waals surface area contributed by atoms with E-state index in [-0.39, 0.29) is 10.5 Å². The van der Waals surface area contributed by atoms with E-state index in [9.17, 15) is 13.2 Å². The Labute approximate surface area is 179 Å². The number of sulfonamides is 1. The molecule has 9 heteroatoms. The van der Waals surface area contributed by atoms with Crippen LogP contribution in [-0.2, 0) is 10.0 Å². The van der Waals surface area contributed by atoms with Crippen LogP contribution in [0, 0.1) is 0 Å². The van der Waals surface area contributed by atoms with E-state index in [0.717, 1.165) is 5.69 Å². The monoisotopic (exact) mass is 445 g/mol. The molecule has 29 heavy (non-hydrogen) atoms. The predicted octanol–water partition coefficient (Wildman–Crippen LogP) is 4.27. The van der Waals surface area contributed by atoms with Crippen LogP contribution in [0.2, 0.25) is 5.02 Å². The molecule has 0 bridgehead atoms. The molecule has 6 nitrogen and oxygen atoms in total. The summed E-state index contributed by atoms with van der Waals surface area (Å²) in [7, 11) is -3.99. The van der Waals surface area contributed by atoms with E-state index in [1.54, 1.807) is 54.6 Å². The number of carbonyl (C=O) groups excluding carboxylic acids is 1. The number of nitrogens with one attached hydrogen (secondary N) is 3. The first-order valence-electron chi connectivity index (χ1n) is 8.39. The third-order valence-corrected chi connectivity index (χ3v) is 5.59. The zero-order valence-corrected chi connectivity index (χ0v) is 17.3. The second kappa shape index (κ2) is 9.04. The van der Waals surface area contributed by atoms with Crippen LogP contribution in [0.1, 0.15) is 10.4 Å². The Hall–Kier alpha value is -2.94. The highest BCUT2D eigenvalue weighted by atomic mass is 35.5. The predicted molar refractivity (Wildman–Crippen MR) is 119 cm³/mol. The van der Waals surface area contributed by atoms with Crippen molar-refractivity contribution in [1.82, 2.24) is 4.72 Å². The summed E-state index contributed by atoms with van der Waals surface area (Å²) >= 11 is 11.1. The second-order valence-electron chi connectivity index (χ2n) is 5.91. The van der Waals surface area contributed by atoms with Gasteiger partial charge in [0.15, 0.2) is 5.11 Å². The third kappa shape index (κ3) is 5.77. The van der Waals surface area contributed by atoms with E-state index in [4.69, 9.17) is 23.8 Å². The number of benzene rings is 3. The van der Waals surface area contributed by atoms with E-state index in [1.165, 1.54) is 24.3 Å². The molecular weight excluding hydrogens is 430 g/mol. The van der Waals surface area contributed by atoms with Crippen LogP contribution in [0.25, 0.3) is 0 Å². The van der Waals surface area contributed by atoms with E-state index in [2.05, 4.69) is 15.4 Å². The molecule has 0 heterocycles. The van der Waals surface area contributed by atoms with E-state index in [1.807, 2.05) is 0 Å².